The monoisotopic (exact) mass is 202 g/mol. The fraction of sp³-hybridized carbons (Fsp3) is 1.00. The standard InChI is InChI=1S/C10H22N2O2/c1-9(13-3)10(2,8-11)12-4-6-14-7-5-12/h9H,4-8,11H2,1-3H3. The summed E-state index contributed by atoms with van der Waals surface area (Å²) in [6.07, 6.45) is 0.144. The highest BCUT2D eigenvalue weighted by Crippen LogP contribution is 2.21. The molecule has 84 valence electrons. The molecule has 2 unspecified atom stereocenters. The number of morpholine rings is 1. The number of hydrogen-bond acceptors (Lipinski definition) is 4. The molecular formula is C10H22N2O2. The van der Waals surface area contributed by atoms with Gasteiger partial charge in [-0.05, 0) is 13.8 Å². The van der Waals surface area contributed by atoms with Crippen molar-refractivity contribution in [2.24, 2.45) is 5.73 Å². The average molecular weight is 202 g/mol. The van der Waals surface area contributed by atoms with Crippen LogP contribution in [0.1, 0.15) is 13.8 Å². The van der Waals surface area contributed by atoms with Crippen LogP contribution in [0.2, 0.25) is 0 Å². The summed E-state index contributed by atoms with van der Waals surface area (Å²) in [5.41, 5.74) is 5.78. The zero-order valence-electron chi connectivity index (χ0n) is 9.45. The van der Waals surface area contributed by atoms with Crippen LogP contribution in [0.15, 0.2) is 0 Å². The number of rotatable bonds is 4. The minimum absolute atomic E-state index is 0.0709. The summed E-state index contributed by atoms with van der Waals surface area (Å²) in [6, 6.07) is 0. The van der Waals surface area contributed by atoms with E-state index < -0.39 is 0 Å². The molecule has 0 spiro atoms. The van der Waals surface area contributed by atoms with Crippen molar-refractivity contribution in [2.75, 3.05) is 40.0 Å². The van der Waals surface area contributed by atoms with Crippen LogP contribution >= 0.6 is 0 Å². The molecule has 0 amide bonds. The highest BCUT2D eigenvalue weighted by molar-refractivity contribution is 4.93. The molecule has 1 rings (SSSR count). The van der Waals surface area contributed by atoms with E-state index in [1.165, 1.54) is 0 Å². The highest BCUT2D eigenvalue weighted by atomic mass is 16.5. The Labute approximate surface area is 86.3 Å². The Morgan fingerprint density at radius 1 is 1.50 bits per heavy atom. The van der Waals surface area contributed by atoms with Crippen LogP contribution in [0.3, 0.4) is 0 Å². The van der Waals surface area contributed by atoms with E-state index in [2.05, 4.69) is 18.7 Å². The number of ether oxygens (including phenoxy) is 2. The maximum Gasteiger partial charge on any atom is 0.0736 e. The predicted octanol–water partition coefficient (Wildman–Crippen LogP) is 0.0709. The Morgan fingerprint density at radius 3 is 2.50 bits per heavy atom. The first-order valence-corrected chi connectivity index (χ1v) is 5.21. The predicted molar refractivity (Wildman–Crippen MR) is 56.3 cm³/mol. The van der Waals surface area contributed by atoms with Gasteiger partial charge in [-0.25, -0.2) is 0 Å². The van der Waals surface area contributed by atoms with Crippen LogP contribution in [-0.2, 0) is 9.47 Å². The van der Waals surface area contributed by atoms with Gasteiger partial charge in [0.2, 0.25) is 0 Å². The summed E-state index contributed by atoms with van der Waals surface area (Å²) < 4.78 is 10.7. The quantitative estimate of drug-likeness (QED) is 0.701. The van der Waals surface area contributed by atoms with Gasteiger partial charge in [-0.3, -0.25) is 4.90 Å². The van der Waals surface area contributed by atoms with Crippen LogP contribution in [0.5, 0.6) is 0 Å². The third-order valence-electron chi connectivity index (χ3n) is 3.38. The third-order valence-corrected chi connectivity index (χ3v) is 3.38. The van der Waals surface area contributed by atoms with Gasteiger partial charge in [-0.1, -0.05) is 0 Å². The van der Waals surface area contributed by atoms with Gasteiger partial charge >= 0.3 is 0 Å². The number of nitrogens with zero attached hydrogens (tertiary/aromatic N) is 1. The molecule has 2 atom stereocenters. The zero-order chi connectivity index (χ0) is 10.6. The van der Waals surface area contributed by atoms with Crippen LogP contribution in [-0.4, -0.2) is 56.5 Å². The minimum Gasteiger partial charge on any atom is -0.380 e. The molecule has 4 nitrogen and oxygen atoms in total. The second-order valence-electron chi connectivity index (χ2n) is 4.04. The Kier molecular flexibility index (Phi) is 4.31. The van der Waals surface area contributed by atoms with Gasteiger partial charge in [0.1, 0.15) is 0 Å². The van der Waals surface area contributed by atoms with E-state index in [-0.39, 0.29) is 11.6 Å². The van der Waals surface area contributed by atoms with Gasteiger partial charge in [-0.2, -0.15) is 0 Å². The Balaban J connectivity index is 2.65. The second-order valence-corrected chi connectivity index (χ2v) is 4.04. The Morgan fingerprint density at radius 2 is 2.07 bits per heavy atom. The molecule has 0 aromatic carbocycles. The molecule has 1 saturated heterocycles. The van der Waals surface area contributed by atoms with E-state index in [1.807, 2.05) is 0 Å². The molecule has 0 aromatic heterocycles. The first-order chi connectivity index (χ1) is 6.65. The highest BCUT2D eigenvalue weighted by Gasteiger charge is 2.37. The fourth-order valence-corrected chi connectivity index (χ4v) is 1.88. The molecule has 0 aliphatic carbocycles. The summed E-state index contributed by atoms with van der Waals surface area (Å²) >= 11 is 0. The average Bonchev–Trinajstić information content (AvgIpc) is 2.28. The number of nitrogens with two attached hydrogens (primary N) is 1. The fourth-order valence-electron chi connectivity index (χ4n) is 1.88. The lowest BCUT2D eigenvalue weighted by molar-refractivity contribution is -0.0727. The van der Waals surface area contributed by atoms with E-state index >= 15 is 0 Å². The third kappa shape index (κ3) is 2.25. The first kappa shape index (κ1) is 11.9. The van der Waals surface area contributed by atoms with E-state index in [1.54, 1.807) is 7.11 Å². The van der Waals surface area contributed by atoms with Gasteiger partial charge in [0.25, 0.3) is 0 Å². The molecule has 14 heavy (non-hydrogen) atoms. The van der Waals surface area contributed by atoms with Crippen LogP contribution < -0.4 is 5.73 Å². The summed E-state index contributed by atoms with van der Waals surface area (Å²) in [7, 11) is 1.74. The Hall–Kier alpha value is -0.160. The van der Waals surface area contributed by atoms with Crippen LogP contribution in [0.25, 0.3) is 0 Å². The van der Waals surface area contributed by atoms with E-state index in [9.17, 15) is 0 Å². The lowest BCUT2D eigenvalue weighted by Crippen LogP contribution is -2.61. The molecule has 1 heterocycles. The molecule has 0 bridgehead atoms. The first-order valence-electron chi connectivity index (χ1n) is 5.21. The zero-order valence-corrected chi connectivity index (χ0v) is 9.45. The number of methoxy groups -OCH3 is 1. The van der Waals surface area contributed by atoms with Gasteiger partial charge in [-0.15, -0.1) is 0 Å². The van der Waals surface area contributed by atoms with Crippen molar-refractivity contribution >= 4 is 0 Å². The maximum atomic E-state index is 5.85. The maximum absolute atomic E-state index is 5.85. The van der Waals surface area contributed by atoms with E-state index in [0.717, 1.165) is 26.3 Å². The van der Waals surface area contributed by atoms with Gasteiger partial charge in [0, 0.05) is 26.7 Å². The van der Waals surface area contributed by atoms with Crippen LogP contribution in [0, 0.1) is 0 Å². The van der Waals surface area contributed by atoms with Gasteiger partial charge in [0.05, 0.1) is 24.9 Å². The summed E-state index contributed by atoms with van der Waals surface area (Å²) in [5, 5.41) is 0. The SMILES string of the molecule is COC(C)C(C)(CN)N1CCOCC1. The van der Waals surface area contributed by atoms with Crippen molar-refractivity contribution < 1.29 is 9.47 Å². The lowest BCUT2D eigenvalue weighted by Gasteiger charge is -2.45. The topological polar surface area (TPSA) is 47.7 Å². The van der Waals surface area contributed by atoms with E-state index in [4.69, 9.17) is 15.2 Å². The van der Waals surface area contributed by atoms with E-state index in [0.29, 0.717) is 6.54 Å². The summed E-state index contributed by atoms with van der Waals surface area (Å²) in [6.45, 7) is 8.33. The van der Waals surface area contributed by atoms with Crippen molar-refractivity contribution in [1.29, 1.82) is 0 Å². The molecule has 0 saturated carbocycles. The number of hydrogen-bond donors (Lipinski definition) is 1. The molecule has 1 aliphatic rings. The normalized spacial score (nSPS) is 25.7. The lowest BCUT2D eigenvalue weighted by atomic mass is 9.93. The molecule has 4 heteroatoms. The molecule has 0 radical (unpaired) electrons. The molecule has 1 aliphatic heterocycles. The molecule has 2 N–H and O–H groups in total. The molecule has 1 fully saturated rings. The van der Waals surface area contributed by atoms with Crippen LogP contribution in [0.4, 0.5) is 0 Å². The van der Waals surface area contributed by atoms with Crippen molar-refractivity contribution in [3.63, 3.8) is 0 Å². The van der Waals surface area contributed by atoms with Crippen molar-refractivity contribution in [2.45, 2.75) is 25.5 Å². The van der Waals surface area contributed by atoms with Gasteiger partial charge in [0.15, 0.2) is 0 Å². The smallest absolute Gasteiger partial charge is 0.0736 e. The Bertz CT molecular complexity index is 172. The minimum atomic E-state index is -0.0709. The van der Waals surface area contributed by atoms with Gasteiger partial charge < -0.3 is 15.2 Å². The molecular weight excluding hydrogens is 180 g/mol. The van der Waals surface area contributed by atoms with Crippen molar-refractivity contribution in [1.82, 2.24) is 4.90 Å². The second kappa shape index (κ2) is 5.07. The summed E-state index contributed by atoms with van der Waals surface area (Å²) in [4.78, 5) is 2.37. The van der Waals surface area contributed by atoms with Crippen molar-refractivity contribution in [3.05, 3.63) is 0 Å². The largest absolute Gasteiger partial charge is 0.380 e. The van der Waals surface area contributed by atoms with Crippen molar-refractivity contribution in [3.8, 4) is 0 Å². The summed E-state index contributed by atoms with van der Waals surface area (Å²) in [5.74, 6) is 0. The molecule has 0 aromatic rings.